The molecule has 1 unspecified atom stereocenters. The molecule has 0 saturated carbocycles. The van der Waals surface area contributed by atoms with Crippen molar-refractivity contribution in [3.8, 4) is 0 Å². The third kappa shape index (κ3) is 3.22. The molecule has 2 heterocycles. The second kappa shape index (κ2) is 7.13. The predicted molar refractivity (Wildman–Crippen MR) is 117 cm³/mol. The maximum atomic E-state index is 12.7. The number of nitrogens with zero attached hydrogens (tertiary/aromatic N) is 1. The van der Waals surface area contributed by atoms with Gasteiger partial charge in [-0.05, 0) is 37.3 Å². The number of benzene rings is 3. The van der Waals surface area contributed by atoms with Gasteiger partial charge in [-0.3, -0.25) is 4.18 Å². The zero-order valence-electron chi connectivity index (χ0n) is 16.4. The quantitative estimate of drug-likeness (QED) is 0.600. The van der Waals surface area contributed by atoms with E-state index in [1.165, 1.54) is 17.0 Å². The Morgan fingerprint density at radius 3 is 2.57 bits per heavy atom. The van der Waals surface area contributed by atoms with Crippen molar-refractivity contribution >= 4 is 33.3 Å². The Morgan fingerprint density at radius 1 is 1.03 bits per heavy atom. The molecule has 0 spiro atoms. The molecule has 5 rings (SSSR count). The van der Waals surface area contributed by atoms with Gasteiger partial charge in [-0.25, -0.2) is 0 Å². The summed E-state index contributed by atoms with van der Waals surface area (Å²) in [7, 11) is -3.96. The molecule has 0 fully saturated rings. The maximum Gasteiger partial charge on any atom is 0.297 e. The lowest BCUT2D eigenvalue weighted by atomic mass is 9.85. The second-order valence-corrected chi connectivity index (χ2v) is 10.4. The first-order valence-corrected chi connectivity index (χ1v) is 12.0. The molecular weight excluding hydrogens is 418 g/mol. The van der Waals surface area contributed by atoms with Crippen LogP contribution in [0, 0.1) is 6.92 Å². The van der Waals surface area contributed by atoms with E-state index >= 15 is 0 Å². The topological polar surface area (TPSA) is 66.8 Å². The van der Waals surface area contributed by atoms with E-state index in [4.69, 9.17) is 4.18 Å². The Kier molecular flexibility index (Phi) is 4.67. The second-order valence-electron chi connectivity index (χ2n) is 7.68. The summed E-state index contributed by atoms with van der Waals surface area (Å²) < 4.78 is 30.7. The third-order valence-corrected chi connectivity index (χ3v) is 8.05. The summed E-state index contributed by atoms with van der Waals surface area (Å²) in [6.45, 7) is 2.15. The number of aryl methyl sites for hydroxylation is 1. The van der Waals surface area contributed by atoms with Crippen LogP contribution in [-0.4, -0.2) is 26.7 Å². The van der Waals surface area contributed by atoms with Gasteiger partial charge in [0, 0.05) is 28.3 Å². The lowest BCUT2D eigenvalue weighted by Gasteiger charge is -2.44. The molecule has 7 heteroatoms. The number of anilines is 2. The minimum Gasteiger partial charge on any atom is -0.383 e. The minimum atomic E-state index is -3.96. The molecule has 30 heavy (non-hydrogen) atoms. The Balaban J connectivity index is 1.47. The summed E-state index contributed by atoms with van der Waals surface area (Å²) >= 11 is 1.66. The van der Waals surface area contributed by atoms with Gasteiger partial charge in [0.25, 0.3) is 10.1 Å². The van der Waals surface area contributed by atoms with E-state index in [9.17, 15) is 13.5 Å². The first kappa shape index (κ1) is 19.6. The lowest BCUT2D eigenvalue weighted by molar-refractivity contribution is -0.0161. The highest BCUT2D eigenvalue weighted by Gasteiger charge is 2.42. The first-order chi connectivity index (χ1) is 14.4. The standard InChI is InChI=1S/C23H21NO4S2/c1-16-9-11-17(12-10-16)30(26,27)28-15-23(25)13-14-24-19-6-2-3-7-20(19)29-21-8-4-5-18(23)22(21)24/h2-12,25H,13-15H2,1H3. The molecule has 154 valence electrons. The van der Waals surface area contributed by atoms with Crippen molar-refractivity contribution in [1.82, 2.24) is 0 Å². The van der Waals surface area contributed by atoms with E-state index in [0.717, 1.165) is 21.8 Å². The van der Waals surface area contributed by atoms with E-state index < -0.39 is 15.7 Å². The van der Waals surface area contributed by atoms with Gasteiger partial charge >= 0.3 is 0 Å². The Bertz CT molecular complexity index is 1220. The highest BCUT2D eigenvalue weighted by atomic mass is 32.2. The summed E-state index contributed by atoms with van der Waals surface area (Å²) in [6, 6.07) is 20.5. The SMILES string of the molecule is Cc1ccc(S(=O)(=O)OCC2(O)CCN3c4ccccc4Sc4cccc2c43)cc1. The number of aliphatic hydroxyl groups is 1. The van der Waals surface area contributed by atoms with E-state index in [0.29, 0.717) is 18.5 Å². The average molecular weight is 440 g/mol. The average Bonchev–Trinajstić information content (AvgIpc) is 2.75. The van der Waals surface area contributed by atoms with Crippen LogP contribution in [0.1, 0.15) is 17.5 Å². The summed E-state index contributed by atoms with van der Waals surface area (Å²) in [5.74, 6) is 0. The van der Waals surface area contributed by atoms with E-state index in [1.54, 1.807) is 23.9 Å². The maximum absolute atomic E-state index is 12.7. The van der Waals surface area contributed by atoms with Crippen LogP contribution in [0.4, 0.5) is 11.4 Å². The Hall–Kier alpha value is -2.32. The molecule has 0 aliphatic carbocycles. The summed E-state index contributed by atoms with van der Waals surface area (Å²) in [6.07, 6.45) is 0.367. The van der Waals surface area contributed by atoms with Gasteiger partial charge in [0.1, 0.15) is 5.60 Å². The molecular formula is C23H21NO4S2. The van der Waals surface area contributed by atoms with Gasteiger partial charge in [-0.2, -0.15) is 8.42 Å². The number of para-hydroxylation sites is 2. The van der Waals surface area contributed by atoms with Crippen LogP contribution in [0.15, 0.2) is 81.4 Å². The number of hydrogen-bond acceptors (Lipinski definition) is 6. The Morgan fingerprint density at radius 2 is 1.77 bits per heavy atom. The highest BCUT2D eigenvalue weighted by Crippen LogP contribution is 2.54. The van der Waals surface area contributed by atoms with Crippen molar-refractivity contribution in [1.29, 1.82) is 0 Å². The van der Waals surface area contributed by atoms with Crippen LogP contribution in [-0.2, 0) is 19.9 Å². The molecule has 2 aliphatic heterocycles. The van der Waals surface area contributed by atoms with Gasteiger partial charge in [0.2, 0.25) is 0 Å². The third-order valence-electron chi connectivity index (χ3n) is 5.66. The number of fused-ring (bicyclic) bond motifs is 2. The van der Waals surface area contributed by atoms with Crippen molar-refractivity contribution in [3.63, 3.8) is 0 Å². The van der Waals surface area contributed by atoms with Gasteiger partial charge in [0.05, 0.1) is 22.9 Å². The van der Waals surface area contributed by atoms with Crippen molar-refractivity contribution in [3.05, 3.63) is 77.9 Å². The molecule has 0 bridgehead atoms. The van der Waals surface area contributed by atoms with Crippen molar-refractivity contribution in [2.24, 2.45) is 0 Å². The Labute approximate surface area is 180 Å². The van der Waals surface area contributed by atoms with Gasteiger partial charge in [-0.1, -0.05) is 53.7 Å². The van der Waals surface area contributed by atoms with Crippen LogP contribution in [0.2, 0.25) is 0 Å². The van der Waals surface area contributed by atoms with E-state index in [1.807, 2.05) is 37.3 Å². The normalized spacial score (nSPS) is 19.9. The predicted octanol–water partition coefficient (Wildman–Crippen LogP) is 4.59. The molecule has 0 saturated heterocycles. The first-order valence-electron chi connectivity index (χ1n) is 9.74. The van der Waals surface area contributed by atoms with E-state index in [-0.39, 0.29) is 11.5 Å². The van der Waals surface area contributed by atoms with Crippen molar-refractivity contribution in [2.45, 2.75) is 33.6 Å². The fraction of sp³-hybridized carbons (Fsp3) is 0.217. The molecule has 1 N–H and O–H groups in total. The summed E-state index contributed by atoms with van der Waals surface area (Å²) in [5.41, 5.74) is 2.33. The molecule has 0 amide bonds. The summed E-state index contributed by atoms with van der Waals surface area (Å²) in [5, 5.41) is 11.5. The fourth-order valence-corrected chi connectivity index (χ4v) is 6.11. The van der Waals surface area contributed by atoms with Crippen LogP contribution < -0.4 is 4.90 Å². The van der Waals surface area contributed by atoms with Crippen LogP contribution in [0.3, 0.4) is 0 Å². The molecule has 5 nitrogen and oxygen atoms in total. The number of rotatable bonds is 4. The van der Waals surface area contributed by atoms with Crippen LogP contribution in [0.5, 0.6) is 0 Å². The molecule has 3 aromatic rings. The number of hydrogen-bond donors (Lipinski definition) is 1. The zero-order chi connectivity index (χ0) is 20.9. The lowest BCUT2D eigenvalue weighted by Crippen LogP contribution is -2.43. The van der Waals surface area contributed by atoms with E-state index in [2.05, 4.69) is 17.0 Å². The summed E-state index contributed by atoms with van der Waals surface area (Å²) in [4.78, 5) is 4.52. The molecule has 0 radical (unpaired) electrons. The molecule has 1 atom stereocenters. The zero-order valence-corrected chi connectivity index (χ0v) is 18.0. The largest absolute Gasteiger partial charge is 0.383 e. The van der Waals surface area contributed by atoms with Gasteiger partial charge in [-0.15, -0.1) is 0 Å². The van der Waals surface area contributed by atoms with Crippen molar-refractivity contribution < 1.29 is 17.7 Å². The van der Waals surface area contributed by atoms with Crippen LogP contribution in [0.25, 0.3) is 0 Å². The highest BCUT2D eigenvalue weighted by molar-refractivity contribution is 7.99. The van der Waals surface area contributed by atoms with Crippen molar-refractivity contribution in [2.75, 3.05) is 18.1 Å². The molecule has 2 aliphatic rings. The molecule has 3 aromatic carbocycles. The van der Waals surface area contributed by atoms with Gasteiger partial charge < -0.3 is 10.0 Å². The smallest absolute Gasteiger partial charge is 0.297 e. The monoisotopic (exact) mass is 439 g/mol. The van der Waals surface area contributed by atoms with Crippen LogP contribution >= 0.6 is 11.8 Å². The molecule has 0 aromatic heterocycles. The fourth-order valence-electron chi connectivity index (χ4n) is 4.03. The minimum absolute atomic E-state index is 0.0914. The van der Waals surface area contributed by atoms with Gasteiger partial charge in [0.15, 0.2) is 0 Å².